The molecule has 26 heavy (non-hydrogen) atoms. The van der Waals surface area contributed by atoms with Crippen molar-refractivity contribution in [3.8, 4) is 5.75 Å². The predicted molar refractivity (Wildman–Crippen MR) is 116 cm³/mol. The molecule has 3 rings (SSSR count). The van der Waals surface area contributed by atoms with Crippen molar-refractivity contribution in [2.75, 3.05) is 6.61 Å². The van der Waals surface area contributed by atoms with Crippen molar-refractivity contribution in [3.05, 3.63) is 60.2 Å². The molecular formula is C24H34OSi. The van der Waals surface area contributed by atoms with Crippen molar-refractivity contribution >= 4 is 13.3 Å². The van der Waals surface area contributed by atoms with Crippen molar-refractivity contribution in [2.45, 2.75) is 58.2 Å². The van der Waals surface area contributed by atoms with Crippen LogP contribution in [0.5, 0.6) is 5.75 Å². The molecule has 0 aromatic heterocycles. The molecule has 0 saturated heterocycles. The number of benzene rings is 1. The molecule has 1 nitrogen and oxygen atoms in total. The highest BCUT2D eigenvalue weighted by Gasteiger charge is 2.50. The molecule has 2 aliphatic rings. The molecule has 2 heteroatoms. The van der Waals surface area contributed by atoms with E-state index in [1.54, 1.807) is 5.57 Å². The maximum Gasteiger partial charge on any atom is 0.121 e. The van der Waals surface area contributed by atoms with E-state index in [0.717, 1.165) is 23.1 Å². The SMILES string of the molecule is C=CCOc1c(C)cccc1[Si](CC)(CC)C1C2=CC=CCC2CC1C. The highest BCUT2D eigenvalue weighted by atomic mass is 28.3. The first-order valence-corrected chi connectivity index (χ1v) is 12.8. The first-order chi connectivity index (χ1) is 12.6. The first kappa shape index (κ1) is 19.2. The molecule has 1 aromatic carbocycles. The van der Waals surface area contributed by atoms with Crippen LogP contribution in [0.3, 0.4) is 0 Å². The van der Waals surface area contributed by atoms with Crippen molar-refractivity contribution in [1.82, 2.24) is 0 Å². The van der Waals surface area contributed by atoms with Crippen LogP contribution in [0.25, 0.3) is 0 Å². The van der Waals surface area contributed by atoms with Crippen molar-refractivity contribution in [3.63, 3.8) is 0 Å². The highest BCUT2D eigenvalue weighted by molar-refractivity contribution is 6.94. The minimum atomic E-state index is -1.75. The van der Waals surface area contributed by atoms with Gasteiger partial charge in [0.1, 0.15) is 12.4 Å². The summed E-state index contributed by atoms with van der Waals surface area (Å²) in [6, 6.07) is 9.37. The van der Waals surface area contributed by atoms with E-state index < -0.39 is 8.07 Å². The van der Waals surface area contributed by atoms with Gasteiger partial charge in [0, 0.05) is 0 Å². The lowest BCUT2D eigenvalue weighted by Gasteiger charge is -2.41. The van der Waals surface area contributed by atoms with Crippen LogP contribution in [0, 0.1) is 18.8 Å². The Morgan fingerprint density at radius 1 is 1.27 bits per heavy atom. The zero-order valence-corrected chi connectivity index (χ0v) is 17.9. The summed E-state index contributed by atoms with van der Waals surface area (Å²) in [6.07, 6.45) is 11.6. The lowest BCUT2D eigenvalue weighted by Crippen LogP contribution is -2.52. The van der Waals surface area contributed by atoms with Gasteiger partial charge in [-0.05, 0) is 47.9 Å². The minimum absolute atomic E-state index is 0.587. The molecule has 1 fully saturated rings. The molecule has 0 N–H and O–H groups in total. The van der Waals surface area contributed by atoms with E-state index >= 15 is 0 Å². The van der Waals surface area contributed by atoms with E-state index in [9.17, 15) is 0 Å². The van der Waals surface area contributed by atoms with Gasteiger partial charge in [0.25, 0.3) is 0 Å². The molecule has 0 bridgehead atoms. The number of fused-ring (bicyclic) bond motifs is 1. The van der Waals surface area contributed by atoms with Crippen LogP contribution < -0.4 is 9.92 Å². The number of hydrogen-bond donors (Lipinski definition) is 0. The Hall–Kier alpha value is -1.54. The average molecular weight is 367 g/mol. The normalized spacial score (nSPS) is 24.9. The van der Waals surface area contributed by atoms with Crippen LogP contribution in [-0.2, 0) is 0 Å². The number of rotatable bonds is 7. The van der Waals surface area contributed by atoms with E-state index in [2.05, 4.69) is 70.7 Å². The third-order valence-electron chi connectivity index (χ3n) is 6.85. The monoisotopic (exact) mass is 366 g/mol. The summed E-state index contributed by atoms with van der Waals surface area (Å²) in [4.78, 5) is 0. The molecule has 0 aliphatic heterocycles. The standard InChI is InChI=1S/C24H34OSi/c1-6-16-25-23-18(4)12-11-15-22(23)26(7-2,8-3)24-19(5)17-20-13-9-10-14-21(20)24/h6,9-12,14-15,19-20,24H,1,7-8,13,16-17H2,2-5H3. The number of ether oxygens (including phenoxy) is 1. The van der Waals surface area contributed by atoms with E-state index in [1.807, 2.05) is 6.08 Å². The second-order valence-corrected chi connectivity index (χ2v) is 13.0. The van der Waals surface area contributed by atoms with E-state index in [-0.39, 0.29) is 0 Å². The first-order valence-electron chi connectivity index (χ1n) is 10.3. The summed E-state index contributed by atoms with van der Waals surface area (Å²) < 4.78 is 6.24. The topological polar surface area (TPSA) is 9.23 Å². The van der Waals surface area contributed by atoms with Crippen LogP contribution in [0.4, 0.5) is 0 Å². The third-order valence-corrected chi connectivity index (χ3v) is 12.9. The second-order valence-electron chi connectivity index (χ2n) is 8.13. The molecule has 3 unspecified atom stereocenters. The Bertz CT molecular complexity index is 711. The Morgan fingerprint density at radius 2 is 2.04 bits per heavy atom. The van der Waals surface area contributed by atoms with Crippen LogP contribution in [0.1, 0.15) is 39.2 Å². The summed E-state index contributed by atoms with van der Waals surface area (Å²) >= 11 is 0. The summed E-state index contributed by atoms with van der Waals surface area (Å²) in [5, 5.41) is 1.54. The Labute approximate surface area is 160 Å². The van der Waals surface area contributed by atoms with Gasteiger partial charge in [-0.15, -0.1) is 0 Å². The molecule has 140 valence electrons. The Kier molecular flexibility index (Phi) is 5.91. The van der Waals surface area contributed by atoms with Gasteiger partial charge in [-0.25, -0.2) is 0 Å². The smallest absolute Gasteiger partial charge is 0.121 e. The summed E-state index contributed by atoms with van der Waals surface area (Å²) in [7, 11) is -1.75. The lowest BCUT2D eigenvalue weighted by atomic mass is 9.94. The maximum atomic E-state index is 6.24. The van der Waals surface area contributed by atoms with Crippen LogP contribution in [0.15, 0.2) is 54.7 Å². The van der Waals surface area contributed by atoms with Gasteiger partial charge in [-0.3, -0.25) is 0 Å². The van der Waals surface area contributed by atoms with Crippen LogP contribution in [-0.4, -0.2) is 14.7 Å². The van der Waals surface area contributed by atoms with Gasteiger partial charge in [-0.1, -0.05) is 87.5 Å². The van der Waals surface area contributed by atoms with E-state index in [4.69, 9.17) is 4.74 Å². The number of allylic oxidation sites excluding steroid dienone is 4. The lowest BCUT2D eigenvalue weighted by molar-refractivity contribution is 0.363. The van der Waals surface area contributed by atoms with E-state index in [1.165, 1.54) is 35.7 Å². The zero-order chi connectivity index (χ0) is 18.7. The molecule has 1 saturated carbocycles. The Balaban J connectivity index is 2.14. The maximum absolute atomic E-state index is 6.24. The fourth-order valence-electron chi connectivity index (χ4n) is 5.68. The third kappa shape index (κ3) is 3.13. The molecular weight excluding hydrogens is 332 g/mol. The van der Waals surface area contributed by atoms with Gasteiger partial charge >= 0.3 is 0 Å². The van der Waals surface area contributed by atoms with Crippen LogP contribution in [0.2, 0.25) is 17.6 Å². The van der Waals surface area contributed by atoms with Gasteiger partial charge in [-0.2, -0.15) is 0 Å². The van der Waals surface area contributed by atoms with Gasteiger partial charge in [0.15, 0.2) is 0 Å². The fraction of sp³-hybridized carbons (Fsp3) is 0.500. The molecule has 2 aliphatic carbocycles. The quantitative estimate of drug-likeness (QED) is 0.414. The summed E-state index contributed by atoms with van der Waals surface area (Å²) in [6.45, 7) is 14.0. The number of hydrogen-bond acceptors (Lipinski definition) is 1. The average Bonchev–Trinajstić information content (AvgIpc) is 2.99. The molecule has 0 heterocycles. The van der Waals surface area contributed by atoms with Crippen molar-refractivity contribution < 1.29 is 4.74 Å². The van der Waals surface area contributed by atoms with Gasteiger partial charge < -0.3 is 4.74 Å². The zero-order valence-electron chi connectivity index (χ0n) is 16.9. The van der Waals surface area contributed by atoms with E-state index in [0.29, 0.717) is 6.61 Å². The minimum Gasteiger partial charge on any atom is -0.489 e. The van der Waals surface area contributed by atoms with Crippen LogP contribution >= 0.6 is 0 Å². The molecule has 0 spiro atoms. The number of para-hydroxylation sites is 1. The highest BCUT2D eigenvalue weighted by Crippen LogP contribution is 2.54. The largest absolute Gasteiger partial charge is 0.489 e. The predicted octanol–water partition coefficient (Wildman–Crippen LogP) is 6.17. The second kappa shape index (κ2) is 8.00. The Morgan fingerprint density at radius 3 is 2.73 bits per heavy atom. The van der Waals surface area contributed by atoms with Gasteiger partial charge in [0.2, 0.25) is 0 Å². The molecule has 0 amide bonds. The van der Waals surface area contributed by atoms with Gasteiger partial charge in [0.05, 0.1) is 8.07 Å². The molecule has 3 atom stereocenters. The molecule has 1 aromatic rings. The molecule has 0 radical (unpaired) electrons. The summed E-state index contributed by atoms with van der Waals surface area (Å²) in [5.41, 5.74) is 3.75. The summed E-state index contributed by atoms with van der Waals surface area (Å²) in [5.74, 6) is 2.68. The van der Waals surface area contributed by atoms with Crippen molar-refractivity contribution in [2.24, 2.45) is 11.8 Å². The number of aryl methyl sites for hydroxylation is 1. The van der Waals surface area contributed by atoms with Crippen molar-refractivity contribution in [1.29, 1.82) is 0 Å². The fourth-order valence-corrected chi connectivity index (χ4v) is 11.5.